The van der Waals surface area contributed by atoms with Gasteiger partial charge in [0.15, 0.2) is 5.71 Å². The van der Waals surface area contributed by atoms with E-state index in [1.54, 1.807) is 22.8 Å². The average Bonchev–Trinajstić information content (AvgIpc) is 3.44. The van der Waals surface area contributed by atoms with Crippen LogP contribution in [-0.2, 0) is 56.1 Å². The van der Waals surface area contributed by atoms with E-state index in [1.807, 2.05) is 25.7 Å². The Hall–Kier alpha value is -3.94. The van der Waals surface area contributed by atoms with Gasteiger partial charge in [-0.15, -0.1) is 6.42 Å². The molecule has 20 heteroatoms. The van der Waals surface area contributed by atoms with Crippen molar-refractivity contribution < 1.29 is 61.3 Å². The second kappa shape index (κ2) is 17.5. The number of rotatable bonds is 19. The topological polar surface area (TPSA) is 253 Å². The van der Waals surface area contributed by atoms with Crippen LogP contribution in [0, 0.1) is 12.3 Å². The van der Waals surface area contributed by atoms with Gasteiger partial charge < -0.3 is 10.2 Å². The zero-order chi connectivity index (χ0) is 42.6. The summed E-state index contributed by atoms with van der Waals surface area (Å²) in [5.41, 5.74) is 1.51. The van der Waals surface area contributed by atoms with Crippen LogP contribution in [-0.4, -0.2) is 99.2 Å². The van der Waals surface area contributed by atoms with E-state index in [1.165, 1.54) is 36.4 Å². The van der Waals surface area contributed by atoms with Crippen molar-refractivity contribution >= 4 is 63.5 Å². The molecule has 0 aliphatic carbocycles. The van der Waals surface area contributed by atoms with Crippen molar-refractivity contribution in [3.8, 4) is 12.3 Å². The lowest BCUT2D eigenvalue weighted by molar-refractivity contribution is -0.437. The number of unbranched alkanes of at least 4 members (excludes halogenated alkanes) is 2. The molecule has 5 N–H and O–H groups in total. The molecule has 0 aromatic heterocycles. The minimum absolute atomic E-state index is 0.00340. The van der Waals surface area contributed by atoms with Crippen LogP contribution >= 0.6 is 0 Å². The highest BCUT2D eigenvalue weighted by atomic mass is 32.2. The summed E-state index contributed by atoms with van der Waals surface area (Å²) >= 11 is 0. The highest BCUT2D eigenvalue weighted by Gasteiger charge is 2.46. The summed E-state index contributed by atoms with van der Waals surface area (Å²) in [5, 5.41) is 2.62. The van der Waals surface area contributed by atoms with E-state index in [9.17, 15) is 56.7 Å². The molecular formula is C37H48N3O13S4+. The van der Waals surface area contributed by atoms with Crippen LogP contribution in [0.25, 0.3) is 0 Å². The van der Waals surface area contributed by atoms with E-state index in [4.69, 9.17) is 6.42 Å². The van der Waals surface area contributed by atoms with Crippen LogP contribution in [0.1, 0.15) is 76.8 Å². The standard InChI is InChI=1S/C37H47N3O13S4/c1-5-20-38-35(41)14-7-6-8-19-37(4)30-26-28(57(51,52)53)16-18-32(30)40(22-11-24-55(45,46)47)34(37)13-9-12-33-36(2,3)29-25-27(56(48,49)50)15-17-31(29)39(33)21-10-23-54(42,43)44/h1,9,12-13,15-18,25-26H,6-8,10-11,14,19-24H2,2-4H3,(H4-,38,41,42,43,44,45,46,47,48,49,50,51,52,53)/p+1. The van der Waals surface area contributed by atoms with E-state index >= 15 is 0 Å². The van der Waals surface area contributed by atoms with Crippen LogP contribution in [0.15, 0.2) is 70.1 Å². The molecule has 2 aliphatic rings. The molecular weight excluding hydrogens is 823 g/mol. The fourth-order valence-corrected chi connectivity index (χ4v) is 9.47. The third-order valence-electron chi connectivity index (χ3n) is 10.2. The first-order chi connectivity index (χ1) is 26.3. The molecule has 4 rings (SSSR count). The van der Waals surface area contributed by atoms with Crippen molar-refractivity contribution in [3.63, 3.8) is 0 Å². The average molecular weight is 871 g/mol. The number of hydrogen-bond acceptors (Lipinski definition) is 10. The number of terminal acetylenes is 1. The molecule has 0 saturated carbocycles. The van der Waals surface area contributed by atoms with E-state index < -0.39 is 62.8 Å². The molecule has 2 aromatic carbocycles. The van der Waals surface area contributed by atoms with E-state index in [0.717, 1.165) is 0 Å². The van der Waals surface area contributed by atoms with Crippen molar-refractivity contribution in [3.05, 3.63) is 71.5 Å². The molecule has 16 nitrogen and oxygen atoms in total. The number of allylic oxidation sites excluding steroid dienone is 4. The number of nitrogens with zero attached hydrogens (tertiary/aromatic N) is 2. The number of hydrogen-bond donors (Lipinski definition) is 5. The van der Waals surface area contributed by atoms with E-state index in [-0.39, 0.29) is 54.6 Å². The van der Waals surface area contributed by atoms with Gasteiger partial charge in [0, 0.05) is 53.9 Å². The van der Waals surface area contributed by atoms with Gasteiger partial charge >= 0.3 is 0 Å². The predicted molar refractivity (Wildman–Crippen MR) is 214 cm³/mol. The fraction of sp³-hybridized carbons (Fsp3) is 0.459. The van der Waals surface area contributed by atoms with Crippen molar-refractivity contribution in [2.24, 2.45) is 0 Å². The van der Waals surface area contributed by atoms with Gasteiger partial charge in [0.1, 0.15) is 6.54 Å². The normalized spacial score (nSPS) is 18.9. The Labute approximate surface area is 334 Å². The second-order valence-corrected chi connectivity index (χ2v) is 20.7. The summed E-state index contributed by atoms with van der Waals surface area (Å²) in [6.07, 6.45) is 12.8. The Morgan fingerprint density at radius 3 is 2.02 bits per heavy atom. The molecule has 0 spiro atoms. The zero-order valence-corrected chi connectivity index (χ0v) is 35.0. The van der Waals surface area contributed by atoms with Crippen LogP contribution in [0.2, 0.25) is 0 Å². The van der Waals surface area contributed by atoms with Crippen LogP contribution in [0.4, 0.5) is 11.4 Å². The van der Waals surface area contributed by atoms with Crippen LogP contribution in [0.5, 0.6) is 0 Å². The number of fused-ring (bicyclic) bond motifs is 2. The molecule has 312 valence electrons. The Morgan fingerprint density at radius 2 is 1.42 bits per heavy atom. The summed E-state index contributed by atoms with van der Waals surface area (Å²) in [7, 11) is -17.8. The van der Waals surface area contributed by atoms with Gasteiger partial charge in [-0.2, -0.15) is 38.2 Å². The van der Waals surface area contributed by atoms with Gasteiger partial charge in [0.05, 0.1) is 33.3 Å². The Bertz CT molecular complexity index is 2480. The van der Waals surface area contributed by atoms with Crippen molar-refractivity contribution in [1.29, 1.82) is 0 Å². The molecule has 0 radical (unpaired) electrons. The number of carbonyl (C=O) groups excluding carboxylic acids is 1. The second-order valence-electron chi connectivity index (χ2n) is 14.7. The summed E-state index contributed by atoms with van der Waals surface area (Å²) in [5.74, 6) is 1.04. The van der Waals surface area contributed by atoms with Crippen molar-refractivity contribution in [1.82, 2.24) is 5.32 Å². The predicted octanol–water partition coefficient (Wildman–Crippen LogP) is 4.03. The van der Waals surface area contributed by atoms with Crippen LogP contribution in [0.3, 0.4) is 0 Å². The maximum atomic E-state index is 12.3. The lowest BCUT2D eigenvalue weighted by atomic mass is 9.77. The first kappa shape index (κ1) is 45.8. The molecule has 1 unspecified atom stereocenters. The van der Waals surface area contributed by atoms with Gasteiger partial charge in [-0.3, -0.25) is 23.0 Å². The third-order valence-corrected chi connectivity index (χ3v) is 13.5. The summed E-state index contributed by atoms with van der Waals surface area (Å²) < 4.78 is 136. The van der Waals surface area contributed by atoms with Crippen molar-refractivity contribution in [2.45, 2.75) is 86.3 Å². The first-order valence-electron chi connectivity index (χ1n) is 18.0. The van der Waals surface area contributed by atoms with Gasteiger partial charge in [0.2, 0.25) is 11.6 Å². The molecule has 1 amide bonds. The third kappa shape index (κ3) is 11.4. The minimum Gasteiger partial charge on any atom is -0.345 e. The van der Waals surface area contributed by atoms with Gasteiger partial charge in [-0.05, 0) is 82.0 Å². The molecule has 0 saturated heterocycles. The molecule has 1 atom stereocenters. The van der Waals surface area contributed by atoms with Crippen LogP contribution < -0.4 is 10.2 Å². The lowest BCUT2D eigenvalue weighted by Crippen LogP contribution is -2.30. The maximum Gasteiger partial charge on any atom is 0.294 e. The number of carbonyl (C=O) groups is 1. The molecule has 2 heterocycles. The first-order valence-corrected chi connectivity index (χ1v) is 24.1. The van der Waals surface area contributed by atoms with Gasteiger partial charge in [-0.1, -0.05) is 24.8 Å². The Morgan fingerprint density at radius 1 is 0.825 bits per heavy atom. The monoisotopic (exact) mass is 870 g/mol. The molecule has 2 aliphatic heterocycles. The Kier molecular flexibility index (Phi) is 14.1. The highest BCUT2D eigenvalue weighted by Crippen LogP contribution is 2.51. The smallest absolute Gasteiger partial charge is 0.294 e. The fourth-order valence-electron chi connectivity index (χ4n) is 7.47. The number of benzene rings is 2. The molecule has 0 bridgehead atoms. The van der Waals surface area contributed by atoms with Gasteiger partial charge in [0.25, 0.3) is 40.5 Å². The zero-order valence-electron chi connectivity index (χ0n) is 31.7. The summed E-state index contributed by atoms with van der Waals surface area (Å²) in [6, 6.07) is 8.18. The van der Waals surface area contributed by atoms with E-state index in [0.29, 0.717) is 59.6 Å². The Balaban J connectivity index is 1.84. The van der Waals surface area contributed by atoms with E-state index in [2.05, 4.69) is 11.2 Å². The quantitative estimate of drug-likeness (QED) is 0.0579. The molecule has 57 heavy (non-hydrogen) atoms. The minimum atomic E-state index is -4.63. The molecule has 0 fully saturated rings. The van der Waals surface area contributed by atoms with Crippen molar-refractivity contribution in [2.75, 3.05) is 36.0 Å². The maximum absolute atomic E-state index is 12.3. The molecule has 2 aromatic rings. The number of nitrogens with one attached hydrogen (secondary N) is 1. The number of amides is 1. The number of anilines is 1. The highest BCUT2D eigenvalue weighted by molar-refractivity contribution is 7.86. The summed E-state index contributed by atoms with van der Waals surface area (Å²) in [4.78, 5) is 13.3. The largest absolute Gasteiger partial charge is 0.345 e. The lowest BCUT2D eigenvalue weighted by Gasteiger charge is -2.30. The van der Waals surface area contributed by atoms with Gasteiger partial charge in [-0.25, -0.2) is 0 Å². The summed E-state index contributed by atoms with van der Waals surface area (Å²) in [6.45, 7) is 5.79. The SMILES string of the molecule is C#CCNC(=O)CCCCCC1(C)C(=CC=CC2=[N+](CCCS(=O)(=O)O)c3ccc(S(=O)(=O)O)cc3C2(C)C)N(CCCS(=O)(=O)O)c2ccc(S(=O)(=O)O)cc21.